The Bertz CT molecular complexity index is 1940. The SMILES string of the molecule is CCn1c(-c2cccnc2[C@H](C)OC)c2c3cc(ccc31)C1=C[C@@H](O)CN(C1)CC(CC(=O)C1[C@@H](C)[C@H]1C)C(=O)N1CCC[C@H](N1)C(=O)OCC(C)(C)C2. The van der Waals surface area contributed by atoms with E-state index in [0.717, 1.165) is 51.1 Å². The molecule has 2 fully saturated rings. The standard InChI is InChI=1S/C43H57N5O6/c1-8-47-36-14-13-28-18-33(36)34(40(47)32-11-9-15-44-39(32)27(4)53-7)20-43(5,6)24-54-42(52)35-12-10-16-48(45-35)41(51)30(19-37(50)38-25(2)26(38)3)22-46-21-29(28)17-31(49)23-46/h9,11,13-15,17-18,25-27,30-31,35,38,45,49H,8,10,12,16,19-24H2,1-7H3/t25-,26+,27-,30?,31+,35-,38?/m0/s1. The van der Waals surface area contributed by atoms with E-state index in [0.29, 0.717) is 57.3 Å². The zero-order valence-electron chi connectivity index (χ0n) is 32.9. The minimum atomic E-state index is -0.736. The summed E-state index contributed by atoms with van der Waals surface area (Å²) in [6.07, 6.45) is 4.70. The number of cyclic esters (lactones) is 1. The topological polar surface area (TPSA) is 126 Å². The summed E-state index contributed by atoms with van der Waals surface area (Å²) in [5.74, 6) is -0.490. The van der Waals surface area contributed by atoms with E-state index < -0.39 is 23.5 Å². The Morgan fingerprint density at radius 2 is 1.94 bits per heavy atom. The summed E-state index contributed by atoms with van der Waals surface area (Å²) < 4.78 is 14.2. The number of carbonyl (C=O) groups is 3. The maximum absolute atomic E-state index is 14.3. The minimum absolute atomic E-state index is 0.0321. The van der Waals surface area contributed by atoms with E-state index in [1.165, 1.54) is 0 Å². The van der Waals surface area contributed by atoms with Gasteiger partial charge in [-0.15, -0.1) is 0 Å². The number of esters is 1. The van der Waals surface area contributed by atoms with Crippen LogP contribution < -0.4 is 5.43 Å². The van der Waals surface area contributed by atoms with Gasteiger partial charge in [-0.3, -0.25) is 29.3 Å². The average molecular weight is 740 g/mol. The number of ether oxygens (including phenoxy) is 2. The van der Waals surface area contributed by atoms with Crippen LogP contribution in [-0.2, 0) is 36.8 Å². The Hall–Kier alpha value is -3.90. The third-order valence-corrected chi connectivity index (χ3v) is 12.4. The molecule has 3 aliphatic heterocycles. The van der Waals surface area contributed by atoms with Gasteiger partial charge in [0.05, 0.1) is 36.1 Å². The van der Waals surface area contributed by atoms with Gasteiger partial charge in [-0.1, -0.05) is 33.8 Å². The maximum atomic E-state index is 14.3. The van der Waals surface area contributed by atoms with Crippen LogP contribution in [0.5, 0.6) is 0 Å². The Morgan fingerprint density at radius 3 is 2.67 bits per heavy atom. The summed E-state index contributed by atoms with van der Waals surface area (Å²) in [4.78, 5) is 48.5. The molecule has 5 heterocycles. The molecule has 290 valence electrons. The zero-order chi connectivity index (χ0) is 38.5. The van der Waals surface area contributed by atoms with Crippen LogP contribution in [0.4, 0.5) is 0 Å². The molecule has 54 heavy (non-hydrogen) atoms. The second-order valence-electron chi connectivity index (χ2n) is 16.9. The fraction of sp³-hybridized carbons (Fsp3) is 0.581. The summed E-state index contributed by atoms with van der Waals surface area (Å²) in [5, 5.41) is 13.9. The fourth-order valence-corrected chi connectivity index (χ4v) is 9.13. The molecule has 6 bridgehead atoms. The molecule has 1 saturated heterocycles. The molecule has 3 unspecified atom stereocenters. The van der Waals surface area contributed by atoms with E-state index >= 15 is 0 Å². The van der Waals surface area contributed by atoms with Crippen molar-refractivity contribution in [3.8, 4) is 11.3 Å². The number of amides is 1. The third kappa shape index (κ3) is 7.52. The number of rotatable bonds is 7. The highest BCUT2D eigenvalue weighted by Crippen LogP contribution is 2.47. The highest BCUT2D eigenvalue weighted by atomic mass is 16.5. The average Bonchev–Trinajstić information content (AvgIpc) is 3.65. The largest absolute Gasteiger partial charge is 0.464 e. The van der Waals surface area contributed by atoms with Crippen LogP contribution in [0.25, 0.3) is 27.7 Å². The van der Waals surface area contributed by atoms with Crippen LogP contribution in [0.3, 0.4) is 0 Å². The molecule has 1 amide bonds. The number of nitrogens with one attached hydrogen (secondary N) is 1. The third-order valence-electron chi connectivity index (χ3n) is 12.4. The number of carbonyl (C=O) groups excluding carboxylic acids is 3. The molecule has 2 aromatic heterocycles. The van der Waals surface area contributed by atoms with Crippen molar-refractivity contribution in [3.63, 3.8) is 0 Å². The van der Waals surface area contributed by atoms with Crippen molar-refractivity contribution in [2.45, 2.75) is 92.0 Å². The van der Waals surface area contributed by atoms with Gasteiger partial charge in [0.15, 0.2) is 0 Å². The van der Waals surface area contributed by atoms with E-state index in [9.17, 15) is 19.5 Å². The first-order valence-corrected chi connectivity index (χ1v) is 19.8. The Morgan fingerprint density at radius 1 is 1.17 bits per heavy atom. The fourth-order valence-electron chi connectivity index (χ4n) is 9.13. The lowest BCUT2D eigenvalue weighted by atomic mass is 9.84. The molecule has 8 atom stereocenters. The summed E-state index contributed by atoms with van der Waals surface area (Å²) in [6, 6.07) is 9.92. The Labute approximate surface area is 319 Å². The van der Waals surface area contributed by atoms with Gasteiger partial charge in [-0.25, -0.2) is 5.43 Å². The lowest BCUT2D eigenvalue weighted by Gasteiger charge is -2.37. The number of aliphatic hydroxyl groups excluding tert-OH is 1. The number of fused-ring (bicyclic) bond motifs is 6. The number of aromatic nitrogens is 2. The van der Waals surface area contributed by atoms with Crippen molar-refractivity contribution in [1.82, 2.24) is 24.9 Å². The highest BCUT2D eigenvalue weighted by Gasteiger charge is 2.49. The van der Waals surface area contributed by atoms with Crippen LogP contribution in [0.1, 0.15) is 83.7 Å². The normalized spacial score (nSPS) is 29.3. The second kappa shape index (κ2) is 15.3. The number of nitrogens with zero attached hydrogens (tertiary/aromatic N) is 4. The van der Waals surface area contributed by atoms with Crippen LogP contribution >= 0.6 is 0 Å². The Balaban J connectivity index is 1.34. The van der Waals surface area contributed by atoms with E-state index in [4.69, 9.17) is 14.5 Å². The zero-order valence-corrected chi connectivity index (χ0v) is 32.9. The van der Waals surface area contributed by atoms with Gasteiger partial charge in [-0.05, 0) is 92.0 Å². The van der Waals surface area contributed by atoms with Gasteiger partial charge in [0.25, 0.3) is 0 Å². The smallest absolute Gasteiger partial charge is 0.324 e. The van der Waals surface area contributed by atoms with Crippen LogP contribution in [0.2, 0.25) is 0 Å². The number of hydrazine groups is 1. The molecule has 11 heteroatoms. The van der Waals surface area contributed by atoms with Gasteiger partial charge >= 0.3 is 5.97 Å². The number of hydrogen-bond donors (Lipinski definition) is 2. The number of ketones is 1. The molecule has 1 aromatic carbocycles. The van der Waals surface area contributed by atoms with E-state index in [1.54, 1.807) is 18.3 Å². The monoisotopic (exact) mass is 739 g/mol. The molecule has 0 spiro atoms. The molecule has 1 aliphatic carbocycles. The predicted molar refractivity (Wildman–Crippen MR) is 208 cm³/mol. The van der Waals surface area contributed by atoms with Gasteiger partial charge in [-0.2, -0.15) is 0 Å². The van der Waals surface area contributed by atoms with Crippen LogP contribution in [0.15, 0.2) is 42.6 Å². The second-order valence-corrected chi connectivity index (χ2v) is 16.9. The minimum Gasteiger partial charge on any atom is -0.464 e. The van der Waals surface area contributed by atoms with E-state index in [-0.39, 0.29) is 42.7 Å². The first-order chi connectivity index (χ1) is 25.8. The van der Waals surface area contributed by atoms with Crippen molar-refractivity contribution >= 4 is 34.1 Å². The number of benzene rings is 1. The van der Waals surface area contributed by atoms with Gasteiger partial charge in [0, 0.05) is 80.3 Å². The first kappa shape index (κ1) is 38.4. The van der Waals surface area contributed by atoms with Crippen molar-refractivity contribution in [2.24, 2.45) is 29.1 Å². The van der Waals surface area contributed by atoms with Gasteiger partial charge in [0.2, 0.25) is 5.91 Å². The molecular formula is C43H57N5O6. The maximum Gasteiger partial charge on any atom is 0.324 e. The van der Waals surface area contributed by atoms with Crippen LogP contribution in [-0.4, -0.2) is 94.3 Å². The van der Waals surface area contributed by atoms with Crippen molar-refractivity contribution in [2.75, 3.05) is 39.9 Å². The number of aryl methyl sites for hydroxylation is 1. The number of Topliss-reactive ketones (excluding diaryl/α,β-unsaturated/α-hetero) is 1. The molecular weight excluding hydrogens is 683 g/mol. The molecule has 7 rings (SSSR count). The lowest BCUT2D eigenvalue weighted by Crippen LogP contribution is -2.58. The number of methoxy groups -OCH3 is 1. The number of hydrogen-bond acceptors (Lipinski definition) is 9. The summed E-state index contributed by atoms with van der Waals surface area (Å²) in [7, 11) is 1.70. The summed E-state index contributed by atoms with van der Waals surface area (Å²) in [5.41, 5.74) is 9.86. The van der Waals surface area contributed by atoms with Crippen molar-refractivity contribution in [3.05, 3.63) is 59.4 Å². The molecule has 0 radical (unpaired) electrons. The highest BCUT2D eigenvalue weighted by molar-refractivity contribution is 5.95. The molecule has 1 saturated carbocycles. The lowest BCUT2D eigenvalue weighted by molar-refractivity contribution is -0.156. The molecule has 2 N–H and O–H groups in total. The van der Waals surface area contributed by atoms with Crippen LogP contribution in [0, 0.1) is 29.1 Å². The van der Waals surface area contributed by atoms with Crippen molar-refractivity contribution < 1.29 is 29.0 Å². The van der Waals surface area contributed by atoms with E-state index in [1.807, 2.05) is 19.1 Å². The molecule has 11 nitrogen and oxygen atoms in total. The number of pyridine rings is 1. The van der Waals surface area contributed by atoms with E-state index in [2.05, 4.69) is 73.8 Å². The molecule has 4 aliphatic rings. The number of aliphatic hydroxyl groups is 1. The first-order valence-electron chi connectivity index (χ1n) is 19.8. The Kier molecular flexibility index (Phi) is 10.9. The predicted octanol–water partition coefficient (Wildman–Crippen LogP) is 5.59. The quantitative estimate of drug-likeness (QED) is 0.299. The molecule has 3 aromatic rings. The van der Waals surface area contributed by atoms with Crippen molar-refractivity contribution in [1.29, 1.82) is 0 Å². The summed E-state index contributed by atoms with van der Waals surface area (Å²) >= 11 is 0. The summed E-state index contributed by atoms with van der Waals surface area (Å²) in [6.45, 7) is 15.1. The van der Waals surface area contributed by atoms with Gasteiger partial charge < -0.3 is 19.1 Å². The van der Waals surface area contributed by atoms with Gasteiger partial charge in [0.1, 0.15) is 11.8 Å².